The van der Waals surface area contributed by atoms with Crippen molar-refractivity contribution in [1.29, 1.82) is 0 Å². The summed E-state index contributed by atoms with van der Waals surface area (Å²) < 4.78 is 7.24. The Kier molecular flexibility index (Phi) is 3.74. The first-order chi connectivity index (χ1) is 10.6. The van der Waals surface area contributed by atoms with E-state index in [9.17, 15) is 4.79 Å². The van der Waals surface area contributed by atoms with Crippen molar-refractivity contribution in [3.05, 3.63) is 54.5 Å². The topological polar surface area (TPSA) is 68.5 Å². The molecule has 1 atom stereocenters. The molecule has 0 aliphatic rings. The minimum Gasteiger partial charge on any atom is -0.481 e. The normalized spacial score (nSPS) is 12.1. The van der Waals surface area contributed by atoms with E-state index in [0.717, 1.165) is 0 Å². The molecule has 112 valence electrons. The molecule has 1 amide bonds. The van der Waals surface area contributed by atoms with Crippen molar-refractivity contribution >= 4 is 17.2 Å². The Bertz CT molecular complexity index is 798. The maximum atomic E-state index is 12.3. The first kappa shape index (κ1) is 14.1. The first-order valence-corrected chi connectivity index (χ1v) is 6.98. The molecule has 0 bridgehead atoms. The number of amides is 1. The molecule has 0 aliphatic carbocycles. The second-order valence-electron chi connectivity index (χ2n) is 4.91. The van der Waals surface area contributed by atoms with E-state index in [1.165, 1.54) is 0 Å². The summed E-state index contributed by atoms with van der Waals surface area (Å²) in [6.45, 7) is 3.51. The second-order valence-corrected chi connectivity index (χ2v) is 4.91. The van der Waals surface area contributed by atoms with Gasteiger partial charge < -0.3 is 10.1 Å². The number of nitrogens with zero attached hydrogens (tertiary/aromatic N) is 3. The van der Waals surface area contributed by atoms with Gasteiger partial charge in [-0.2, -0.15) is 5.10 Å². The summed E-state index contributed by atoms with van der Waals surface area (Å²) >= 11 is 0. The van der Waals surface area contributed by atoms with E-state index in [1.54, 1.807) is 36.7 Å². The van der Waals surface area contributed by atoms with Crippen LogP contribution in [-0.4, -0.2) is 26.6 Å². The first-order valence-electron chi connectivity index (χ1n) is 6.98. The standard InChI is InChI=1S/C16H16N4O2/c1-11(22-13-7-4-3-5-8-13)16(21)18-14-9-6-10-20-15(14)17-12(2)19-20/h3-11H,1-2H3,(H,18,21)/t11-/m1/s1. The van der Waals surface area contributed by atoms with Gasteiger partial charge in [-0.3, -0.25) is 4.79 Å². The fourth-order valence-electron chi connectivity index (χ4n) is 2.10. The van der Waals surface area contributed by atoms with E-state index in [4.69, 9.17) is 4.74 Å². The third kappa shape index (κ3) is 2.90. The number of hydrogen-bond acceptors (Lipinski definition) is 4. The zero-order chi connectivity index (χ0) is 15.5. The minimum absolute atomic E-state index is 0.238. The van der Waals surface area contributed by atoms with Crippen LogP contribution in [0.3, 0.4) is 0 Å². The van der Waals surface area contributed by atoms with Gasteiger partial charge in [0.15, 0.2) is 11.8 Å². The molecule has 0 unspecified atom stereocenters. The van der Waals surface area contributed by atoms with Gasteiger partial charge in [-0.05, 0) is 38.1 Å². The highest BCUT2D eigenvalue weighted by Gasteiger charge is 2.16. The van der Waals surface area contributed by atoms with Crippen molar-refractivity contribution in [3.63, 3.8) is 0 Å². The summed E-state index contributed by atoms with van der Waals surface area (Å²) in [5.74, 6) is 1.06. The van der Waals surface area contributed by atoms with Crippen LogP contribution in [0.25, 0.3) is 5.65 Å². The van der Waals surface area contributed by atoms with Gasteiger partial charge in [-0.25, -0.2) is 9.50 Å². The van der Waals surface area contributed by atoms with Gasteiger partial charge in [-0.1, -0.05) is 18.2 Å². The number of nitrogens with one attached hydrogen (secondary N) is 1. The number of anilines is 1. The molecular weight excluding hydrogens is 280 g/mol. The van der Waals surface area contributed by atoms with Crippen molar-refractivity contribution < 1.29 is 9.53 Å². The number of para-hydroxylation sites is 1. The van der Waals surface area contributed by atoms with E-state index in [1.807, 2.05) is 30.3 Å². The number of ether oxygens (including phenoxy) is 1. The molecule has 2 aromatic heterocycles. The Balaban J connectivity index is 1.75. The highest BCUT2D eigenvalue weighted by Crippen LogP contribution is 2.16. The third-order valence-corrected chi connectivity index (χ3v) is 3.15. The van der Waals surface area contributed by atoms with Crippen LogP contribution in [0, 0.1) is 6.92 Å². The van der Waals surface area contributed by atoms with Crippen LogP contribution in [-0.2, 0) is 4.79 Å². The molecular formula is C16H16N4O2. The Morgan fingerprint density at radius 1 is 1.23 bits per heavy atom. The number of aromatic nitrogens is 3. The lowest BCUT2D eigenvalue weighted by Gasteiger charge is -2.14. The highest BCUT2D eigenvalue weighted by atomic mass is 16.5. The third-order valence-electron chi connectivity index (χ3n) is 3.15. The fraction of sp³-hybridized carbons (Fsp3) is 0.188. The van der Waals surface area contributed by atoms with Crippen LogP contribution in [0.1, 0.15) is 12.7 Å². The number of hydrogen-bond donors (Lipinski definition) is 1. The molecule has 0 saturated carbocycles. The number of fused-ring (bicyclic) bond motifs is 1. The van der Waals surface area contributed by atoms with Gasteiger partial charge in [0, 0.05) is 6.20 Å². The maximum absolute atomic E-state index is 12.3. The van der Waals surface area contributed by atoms with Crippen molar-refractivity contribution in [2.75, 3.05) is 5.32 Å². The van der Waals surface area contributed by atoms with Crippen molar-refractivity contribution in [2.45, 2.75) is 20.0 Å². The summed E-state index contributed by atoms with van der Waals surface area (Å²) in [6.07, 6.45) is 1.17. The minimum atomic E-state index is -0.619. The number of carbonyl (C=O) groups excluding carboxylic acids is 1. The number of benzene rings is 1. The van der Waals surface area contributed by atoms with E-state index in [2.05, 4.69) is 15.4 Å². The summed E-state index contributed by atoms with van der Waals surface area (Å²) in [5.41, 5.74) is 1.22. The van der Waals surface area contributed by atoms with E-state index in [0.29, 0.717) is 22.9 Å². The van der Waals surface area contributed by atoms with E-state index in [-0.39, 0.29) is 5.91 Å². The quantitative estimate of drug-likeness (QED) is 0.803. The molecule has 0 spiro atoms. The van der Waals surface area contributed by atoms with Gasteiger partial charge in [-0.15, -0.1) is 0 Å². The van der Waals surface area contributed by atoms with Crippen molar-refractivity contribution in [3.8, 4) is 5.75 Å². The Labute approximate surface area is 127 Å². The number of carbonyl (C=O) groups is 1. The van der Waals surface area contributed by atoms with Gasteiger partial charge in [0.05, 0.1) is 5.69 Å². The van der Waals surface area contributed by atoms with Crippen LogP contribution in [0.15, 0.2) is 48.7 Å². The van der Waals surface area contributed by atoms with Crippen LogP contribution in [0.5, 0.6) is 5.75 Å². The van der Waals surface area contributed by atoms with Crippen molar-refractivity contribution in [2.24, 2.45) is 0 Å². The van der Waals surface area contributed by atoms with E-state index >= 15 is 0 Å². The summed E-state index contributed by atoms with van der Waals surface area (Å²) in [6, 6.07) is 12.8. The highest BCUT2D eigenvalue weighted by molar-refractivity contribution is 5.97. The van der Waals surface area contributed by atoms with Gasteiger partial charge >= 0.3 is 0 Å². The summed E-state index contributed by atoms with van der Waals surface area (Å²) in [4.78, 5) is 16.6. The van der Waals surface area contributed by atoms with Gasteiger partial charge in [0.25, 0.3) is 5.91 Å². The monoisotopic (exact) mass is 296 g/mol. The Morgan fingerprint density at radius 3 is 2.77 bits per heavy atom. The van der Waals surface area contributed by atoms with Crippen LogP contribution in [0.4, 0.5) is 5.69 Å². The second kappa shape index (κ2) is 5.85. The average molecular weight is 296 g/mol. The molecule has 2 heterocycles. The zero-order valence-electron chi connectivity index (χ0n) is 12.4. The molecule has 0 radical (unpaired) electrons. The van der Waals surface area contributed by atoms with E-state index < -0.39 is 6.10 Å². The fourth-order valence-corrected chi connectivity index (χ4v) is 2.10. The summed E-state index contributed by atoms with van der Waals surface area (Å²) in [7, 11) is 0. The molecule has 1 N–H and O–H groups in total. The average Bonchev–Trinajstić information content (AvgIpc) is 2.89. The lowest BCUT2D eigenvalue weighted by atomic mass is 10.3. The molecule has 0 fully saturated rings. The molecule has 6 heteroatoms. The summed E-state index contributed by atoms with van der Waals surface area (Å²) in [5, 5.41) is 7.05. The Hall–Kier alpha value is -2.89. The van der Waals surface area contributed by atoms with Gasteiger partial charge in [0.2, 0.25) is 0 Å². The molecule has 0 aliphatic heterocycles. The molecule has 22 heavy (non-hydrogen) atoms. The maximum Gasteiger partial charge on any atom is 0.265 e. The van der Waals surface area contributed by atoms with Crippen LogP contribution >= 0.6 is 0 Å². The predicted octanol–water partition coefficient (Wildman–Crippen LogP) is 2.44. The number of aryl methyl sites for hydroxylation is 1. The number of pyridine rings is 1. The SMILES string of the molecule is Cc1nc2c(NC(=O)[C@@H](C)Oc3ccccc3)cccn2n1. The van der Waals surface area contributed by atoms with Crippen LogP contribution < -0.4 is 10.1 Å². The van der Waals surface area contributed by atoms with Gasteiger partial charge in [0.1, 0.15) is 11.6 Å². The zero-order valence-corrected chi connectivity index (χ0v) is 12.4. The van der Waals surface area contributed by atoms with Crippen molar-refractivity contribution in [1.82, 2.24) is 14.6 Å². The molecule has 1 aromatic carbocycles. The lowest BCUT2D eigenvalue weighted by molar-refractivity contribution is -0.122. The predicted molar refractivity (Wildman–Crippen MR) is 82.9 cm³/mol. The smallest absolute Gasteiger partial charge is 0.265 e. The number of rotatable bonds is 4. The van der Waals surface area contributed by atoms with Crippen LogP contribution in [0.2, 0.25) is 0 Å². The largest absolute Gasteiger partial charge is 0.481 e. The lowest BCUT2D eigenvalue weighted by Crippen LogP contribution is -2.30. The molecule has 3 rings (SSSR count). The molecule has 0 saturated heterocycles. The molecule has 6 nitrogen and oxygen atoms in total. The molecule has 3 aromatic rings. The Morgan fingerprint density at radius 2 is 2.00 bits per heavy atom.